The van der Waals surface area contributed by atoms with Crippen molar-refractivity contribution in [2.75, 3.05) is 13.1 Å². The van der Waals surface area contributed by atoms with Crippen LogP contribution in [0, 0.1) is 0 Å². The number of aromatic hydroxyl groups is 1. The molecule has 2 aromatic rings. The van der Waals surface area contributed by atoms with Gasteiger partial charge >= 0.3 is 0 Å². The molecule has 1 aliphatic rings. The highest BCUT2D eigenvalue weighted by Crippen LogP contribution is 2.24. The molecule has 3 rings (SSSR count). The zero-order valence-electron chi connectivity index (χ0n) is 10.6. The topological polar surface area (TPSA) is 36.6 Å². The summed E-state index contributed by atoms with van der Waals surface area (Å²) in [5.74, 6) is 1.26. The molecule has 0 bridgehead atoms. The molecule has 1 aromatic carbocycles. The fourth-order valence-corrected chi connectivity index (χ4v) is 2.67. The number of fused-ring (bicyclic) bond motifs is 1. The van der Waals surface area contributed by atoms with E-state index in [1.54, 1.807) is 12.1 Å². The molecule has 0 amide bonds. The van der Waals surface area contributed by atoms with Gasteiger partial charge in [0.25, 0.3) is 0 Å². The summed E-state index contributed by atoms with van der Waals surface area (Å²) < 4.78 is 5.79. The van der Waals surface area contributed by atoms with E-state index in [-0.39, 0.29) is 5.75 Å². The smallest absolute Gasteiger partial charge is 0.138 e. The van der Waals surface area contributed by atoms with Crippen molar-refractivity contribution in [1.29, 1.82) is 0 Å². The maximum atomic E-state index is 9.43. The zero-order valence-corrected chi connectivity index (χ0v) is 10.6. The van der Waals surface area contributed by atoms with Gasteiger partial charge in [-0.25, -0.2) is 0 Å². The predicted molar refractivity (Wildman–Crippen MR) is 71.6 cm³/mol. The van der Waals surface area contributed by atoms with E-state index in [1.165, 1.54) is 38.8 Å². The van der Waals surface area contributed by atoms with Gasteiger partial charge in [0.15, 0.2) is 0 Å². The molecular weight excluding hydrogens is 226 g/mol. The molecule has 0 spiro atoms. The van der Waals surface area contributed by atoms with Crippen molar-refractivity contribution in [3.8, 4) is 5.75 Å². The van der Waals surface area contributed by atoms with E-state index in [9.17, 15) is 5.11 Å². The lowest BCUT2D eigenvalue weighted by atomic mass is 10.2. The van der Waals surface area contributed by atoms with Gasteiger partial charge in [0.1, 0.15) is 17.1 Å². The maximum absolute atomic E-state index is 9.43. The molecule has 1 N–H and O–H groups in total. The fourth-order valence-electron chi connectivity index (χ4n) is 2.67. The number of rotatable bonds is 2. The van der Waals surface area contributed by atoms with Gasteiger partial charge in [0.2, 0.25) is 0 Å². The normalized spacial score (nSPS) is 18.0. The van der Waals surface area contributed by atoms with Gasteiger partial charge < -0.3 is 9.52 Å². The van der Waals surface area contributed by atoms with Crippen molar-refractivity contribution in [3.63, 3.8) is 0 Å². The number of phenolic OH excluding ortho intramolecular Hbond substituents is 1. The minimum absolute atomic E-state index is 0.262. The SMILES string of the molecule is Oc1ccc2cc(CN3CCCCCC3)oc2c1. The Morgan fingerprint density at radius 2 is 1.83 bits per heavy atom. The van der Waals surface area contributed by atoms with Crippen LogP contribution in [0.3, 0.4) is 0 Å². The second-order valence-electron chi connectivity index (χ2n) is 5.13. The third kappa shape index (κ3) is 2.51. The van der Waals surface area contributed by atoms with Gasteiger partial charge in [0, 0.05) is 11.5 Å². The number of hydrogen-bond donors (Lipinski definition) is 1. The molecule has 2 heterocycles. The Hall–Kier alpha value is -1.48. The summed E-state index contributed by atoms with van der Waals surface area (Å²) in [6, 6.07) is 7.37. The van der Waals surface area contributed by atoms with Crippen LogP contribution >= 0.6 is 0 Å². The average molecular weight is 245 g/mol. The Balaban J connectivity index is 1.77. The van der Waals surface area contributed by atoms with Gasteiger partial charge in [-0.15, -0.1) is 0 Å². The Labute approximate surface area is 107 Å². The Kier molecular flexibility index (Phi) is 3.24. The Bertz CT molecular complexity index is 524. The van der Waals surface area contributed by atoms with Crippen LogP contribution in [0.5, 0.6) is 5.75 Å². The van der Waals surface area contributed by atoms with Crippen LogP contribution in [0.4, 0.5) is 0 Å². The largest absolute Gasteiger partial charge is 0.508 e. The van der Waals surface area contributed by atoms with Crippen LogP contribution in [0.15, 0.2) is 28.7 Å². The second kappa shape index (κ2) is 5.02. The molecule has 0 saturated carbocycles. The van der Waals surface area contributed by atoms with Crippen LogP contribution < -0.4 is 0 Å². The maximum Gasteiger partial charge on any atom is 0.138 e. The number of phenols is 1. The summed E-state index contributed by atoms with van der Waals surface area (Å²) in [6.45, 7) is 3.22. The summed E-state index contributed by atoms with van der Waals surface area (Å²) >= 11 is 0. The van der Waals surface area contributed by atoms with Gasteiger partial charge in [-0.2, -0.15) is 0 Å². The summed E-state index contributed by atoms with van der Waals surface area (Å²) in [5.41, 5.74) is 0.778. The number of likely N-dealkylation sites (tertiary alicyclic amines) is 1. The lowest BCUT2D eigenvalue weighted by Gasteiger charge is -2.17. The third-order valence-corrected chi connectivity index (χ3v) is 3.63. The van der Waals surface area contributed by atoms with Crippen molar-refractivity contribution in [1.82, 2.24) is 4.90 Å². The number of hydrogen-bond acceptors (Lipinski definition) is 3. The van der Waals surface area contributed by atoms with Crippen LogP contribution in [0.1, 0.15) is 31.4 Å². The van der Waals surface area contributed by atoms with E-state index in [0.29, 0.717) is 0 Å². The predicted octanol–water partition coefficient (Wildman–Crippen LogP) is 3.51. The average Bonchev–Trinajstić information content (AvgIpc) is 2.57. The minimum Gasteiger partial charge on any atom is -0.508 e. The molecule has 0 atom stereocenters. The van der Waals surface area contributed by atoms with Crippen molar-refractivity contribution >= 4 is 11.0 Å². The molecule has 18 heavy (non-hydrogen) atoms. The first-order chi connectivity index (χ1) is 8.81. The summed E-state index contributed by atoms with van der Waals surface area (Å²) in [4.78, 5) is 2.46. The first-order valence-electron chi connectivity index (χ1n) is 6.75. The van der Waals surface area contributed by atoms with Crippen LogP contribution in [-0.4, -0.2) is 23.1 Å². The zero-order chi connectivity index (χ0) is 12.4. The van der Waals surface area contributed by atoms with Crippen molar-refractivity contribution < 1.29 is 9.52 Å². The summed E-state index contributed by atoms with van der Waals surface area (Å²) in [6.07, 6.45) is 5.29. The monoisotopic (exact) mass is 245 g/mol. The highest BCUT2D eigenvalue weighted by atomic mass is 16.3. The minimum atomic E-state index is 0.262. The number of furan rings is 1. The van der Waals surface area contributed by atoms with Gasteiger partial charge in [-0.05, 0) is 44.1 Å². The molecule has 3 heteroatoms. The van der Waals surface area contributed by atoms with E-state index in [0.717, 1.165) is 23.3 Å². The molecule has 1 aromatic heterocycles. The molecule has 1 fully saturated rings. The molecule has 1 aliphatic heterocycles. The lowest BCUT2D eigenvalue weighted by Crippen LogP contribution is -2.23. The molecule has 0 radical (unpaired) electrons. The van der Waals surface area contributed by atoms with E-state index in [4.69, 9.17) is 4.42 Å². The molecule has 96 valence electrons. The second-order valence-corrected chi connectivity index (χ2v) is 5.13. The van der Waals surface area contributed by atoms with Crippen LogP contribution in [0.25, 0.3) is 11.0 Å². The highest BCUT2D eigenvalue weighted by Gasteiger charge is 2.12. The Morgan fingerprint density at radius 3 is 2.61 bits per heavy atom. The molecular formula is C15H19NO2. The highest BCUT2D eigenvalue weighted by molar-refractivity contribution is 5.79. The van der Waals surface area contributed by atoms with Gasteiger partial charge in [0.05, 0.1) is 6.54 Å². The van der Waals surface area contributed by atoms with Gasteiger partial charge in [-0.1, -0.05) is 12.8 Å². The quantitative estimate of drug-likeness (QED) is 0.879. The molecule has 0 aliphatic carbocycles. The van der Waals surface area contributed by atoms with Crippen LogP contribution in [0.2, 0.25) is 0 Å². The van der Waals surface area contributed by atoms with E-state index >= 15 is 0 Å². The summed E-state index contributed by atoms with van der Waals surface area (Å²) in [5, 5.41) is 10.5. The van der Waals surface area contributed by atoms with Crippen molar-refractivity contribution in [2.45, 2.75) is 32.2 Å². The molecule has 0 unspecified atom stereocenters. The van der Waals surface area contributed by atoms with Gasteiger partial charge in [-0.3, -0.25) is 4.90 Å². The lowest BCUT2D eigenvalue weighted by molar-refractivity contribution is 0.256. The van der Waals surface area contributed by atoms with Crippen LogP contribution in [-0.2, 0) is 6.54 Å². The third-order valence-electron chi connectivity index (χ3n) is 3.63. The molecule has 1 saturated heterocycles. The van der Waals surface area contributed by atoms with Crippen molar-refractivity contribution in [3.05, 3.63) is 30.0 Å². The Morgan fingerprint density at radius 1 is 1.06 bits per heavy atom. The summed E-state index contributed by atoms with van der Waals surface area (Å²) in [7, 11) is 0. The first-order valence-corrected chi connectivity index (χ1v) is 6.75. The van der Waals surface area contributed by atoms with E-state index in [2.05, 4.69) is 11.0 Å². The van der Waals surface area contributed by atoms with E-state index in [1.807, 2.05) is 6.07 Å². The molecule has 3 nitrogen and oxygen atoms in total. The van der Waals surface area contributed by atoms with E-state index < -0.39 is 0 Å². The fraction of sp³-hybridized carbons (Fsp3) is 0.467. The standard InChI is InChI=1S/C15H19NO2/c17-13-6-5-12-9-14(18-15(12)10-13)11-16-7-3-1-2-4-8-16/h5-6,9-10,17H,1-4,7-8,11H2. The van der Waals surface area contributed by atoms with Crippen molar-refractivity contribution in [2.24, 2.45) is 0 Å². The number of nitrogens with zero attached hydrogens (tertiary/aromatic N) is 1. The number of benzene rings is 1. The first kappa shape index (κ1) is 11.6.